The number of furan rings is 1. The third-order valence-corrected chi connectivity index (χ3v) is 3.68. The Hall–Kier alpha value is -3.19. The van der Waals surface area contributed by atoms with Gasteiger partial charge in [-0.25, -0.2) is 0 Å². The number of rotatable bonds is 4. The van der Waals surface area contributed by atoms with E-state index in [1.165, 1.54) is 13.1 Å². The van der Waals surface area contributed by atoms with Gasteiger partial charge in [-0.05, 0) is 31.2 Å². The van der Waals surface area contributed by atoms with Crippen molar-refractivity contribution in [2.45, 2.75) is 12.5 Å². The molecular weight excluding hydrogens is 322 g/mol. The Bertz CT molecular complexity index is 870. The zero-order chi connectivity index (χ0) is 17.9. The molecule has 0 fully saturated rings. The van der Waals surface area contributed by atoms with Crippen LogP contribution in [0.5, 0.6) is 0 Å². The van der Waals surface area contributed by atoms with Crippen LogP contribution in [-0.4, -0.2) is 28.4 Å². The van der Waals surface area contributed by atoms with Crippen molar-refractivity contribution in [3.05, 3.63) is 60.6 Å². The quantitative estimate of drug-likeness (QED) is 0.629. The Balaban J connectivity index is 1.63. The molecule has 2 heterocycles. The number of carbonyl (C=O) groups excluding carboxylic acids is 2. The minimum atomic E-state index is -1.46. The molecule has 2 aromatic heterocycles. The molecular formula is C18H17N3O4. The van der Waals surface area contributed by atoms with Crippen molar-refractivity contribution in [1.29, 1.82) is 0 Å². The van der Waals surface area contributed by atoms with Crippen molar-refractivity contribution in [2.75, 3.05) is 11.9 Å². The van der Waals surface area contributed by atoms with Gasteiger partial charge in [0.2, 0.25) is 0 Å². The second kappa shape index (κ2) is 6.74. The number of pyridine rings is 1. The first kappa shape index (κ1) is 16.7. The summed E-state index contributed by atoms with van der Waals surface area (Å²) in [7, 11) is 0. The standard InChI is InChI=1S/C18H17N3O4/c1-18(24,15-9-12-5-2-3-7-14(12)25-15)11-20-16(22)17(23)21-13-6-4-8-19-10-13/h2-10,24H,11H2,1H3,(H,20,22)(H,21,23). The third-order valence-electron chi connectivity index (χ3n) is 3.68. The van der Waals surface area contributed by atoms with Crippen molar-refractivity contribution in [3.8, 4) is 0 Å². The molecule has 0 saturated carbocycles. The molecule has 0 bridgehead atoms. The molecule has 25 heavy (non-hydrogen) atoms. The number of fused-ring (bicyclic) bond motifs is 1. The molecule has 1 unspecified atom stereocenters. The molecule has 3 N–H and O–H groups in total. The fraction of sp³-hybridized carbons (Fsp3) is 0.167. The van der Waals surface area contributed by atoms with E-state index in [0.717, 1.165) is 5.39 Å². The number of amides is 2. The predicted molar refractivity (Wildman–Crippen MR) is 91.7 cm³/mol. The van der Waals surface area contributed by atoms with Gasteiger partial charge >= 0.3 is 11.8 Å². The van der Waals surface area contributed by atoms with E-state index in [2.05, 4.69) is 15.6 Å². The lowest BCUT2D eigenvalue weighted by Crippen LogP contribution is -2.43. The smallest absolute Gasteiger partial charge is 0.313 e. The summed E-state index contributed by atoms with van der Waals surface area (Å²) in [6, 6.07) is 12.3. The van der Waals surface area contributed by atoms with Crippen LogP contribution in [0.25, 0.3) is 11.0 Å². The van der Waals surface area contributed by atoms with Gasteiger partial charge in [-0.1, -0.05) is 18.2 Å². The summed E-state index contributed by atoms with van der Waals surface area (Å²) >= 11 is 0. The number of hydrogen-bond donors (Lipinski definition) is 3. The minimum absolute atomic E-state index is 0.174. The summed E-state index contributed by atoms with van der Waals surface area (Å²) in [5, 5.41) is 16.2. The highest BCUT2D eigenvalue weighted by atomic mass is 16.4. The Labute approximate surface area is 143 Å². The van der Waals surface area contributed by atoms with Gasteiger partial charge in [0.05, 0.1) is 18.4 Å². The Kier molecular flexibility index (Phi) is 4.49. The SMILES string of the molecule is CC(O)(CNC(=O)C(=O)Nc1cccnc1)c1cc2ccccc2o1. The van der Waals surface area contributed by atoms with Crippen molar-refractivity contribution in [1.82, 2.24) is 10.3 Å². The van der Waals surface area contributed by atoms with Crippen LogP contribution < -0.4 is 10.6 Å². The third kappa shape index (κ3) is 3.84. The molecule has 1 aromatic carbocycles. The van der Waals surface area contributed by atoms with Gasteiger partial charge in [0, 0.05) is 11.6 Å². The van der Waals surface area contributed by atoms with E-state index < -0.39 is 17.4 Å². The van der Waals surface area contributed by atoms with E-state index in [9.17, 15) is 14.7 Å². The second-order valence-electron chi connectivity index (χ2n) is 5.80. The van der Waals surface area contributed by atoms with E-state index in [4.69, 9.17) is 4.42 Å². The van der Waals surface area contributed by atoms with E-state index >= 15 is 0 Å². The molecule has 3 aromatic rings. The zero-order valence-corrected chi connectivity index (χ0v) is 13.5. The average Bonchev–Trinajstić information content (AvgIpc) is 3.06. The number of hydrogen-bond acceptors (Lipinski definition) is 5. The predicted octanol–water partition coefficient (Wildman–Crippen LogP) is 1.79. The van der Waals surface area contributed by atoms with Crippen molar-refractivity contribution >= 4 is 28.5 Å². The van der Waals surface area contributed by atoms with E-state index in [1.54, 1.807) is 30.5 Å². The lowest BCUT2D eigenvalue weighted by molar-refractivity contribution is -0.136. The Morgan fingerprint density at radius 2 is 2.00 bits per heavy atom. The molecule has 0 aliphatic rings. The maximum Gasteiger partial charge on any atom is 0.313 e. The van der Waals surface area contributed by atoms with Crippen LogP contribution in [0.2, 0.25) is 0 Å². The second-order valence-corrected chi connectivity index (χ2v) is 5.80. The summed E-state index contributed by atoms with van der Waals surface area (Å²) in [6.45, 7) is 1.33. The topological polar surface area (TPSA) is 104 Å². The summed E-state index contributed by atoms with van der Waals surface area (Å²) in [5.74, 6) is -1.39. The lowest BCUT2D eigenvalue weighted by Gasteiger charge is -2.20. The number of nitrogens with zero attached hydrogens (tertiary/aromatic N) is 1. The van der Waals surface area contributed by atoms with Gasteiger partial charge in [-0.15, -0.1) is 0 Å². The van der Waals surface area contributed by atoms with Gasteiger partial charge in [0.25, 0.3) is 0 Å². The van der Waals surface area contributed by atoms with Crippen molar-refractivity contribution in [2.24, 2.45) is 0 Å². The zero-order valence-electron chi connectivity index (χ0n) is 13.5. The van der Waals surface area contributed by atoms with Crippen LogP contribution in [-0.2, 0) is 15.2 Å². The van der Waals surface area contributed by atoms with Crippen LogP contribution in [0.3, 0.4) is 0 Å². The highest BCUT2D eigenvalue weighted by Gasteiger charge is 2.29. The number of carbonyl (C=O) groups is 2. The molecule has 128 valence electrons. The number of aromatic nitrogens is 1. The number of para-hydroxylation sites is 1. The molecule has 7 heteroatoms. The first-order chi connectivity index (χ1) is 12.0. The lowest BCUT2D eigenvalue weighted by atomic mass is 10.0. The molecule has 0 aliphatic carbocycles. The van der Waals surface area contributed by atoms with Gasteiger partial charge in [0.1, 0.15) is 16.9 Å². The molecule has 0 radical (unpaired) electrons. The molecule has 3 rings (SSSR count). The fourth-order valence-corrected chi connectivity index (χ4v) is 2.29. The monoisotopic (exact) mass is 339 g/mol. The van der Waals surface area contributed by atoms with E-state index in [0.29, 0.717) is 17.0 Å². The summed E-state index contributed by atoms with van der Waals surface area (Å²) in [6.07, 6.45) is 2.98. The Morgan fingerprint density at radius 1 is 1.20 bits per heavy atom. The maximum atomic E-state index is 11.9. The maximum absolute atomic E-state index is 11.9. The number of benzene rings is 1. The molecule has 2 amide bonds. The first-order valence-corrected chi connectivity index (χ1v) is 7.66. The number of nitrogens with one attached hydrogen (secondary N) is 2. The summed E-state index contributed by atoms with van der Waals surface area (Å²) in [4.78, 5) is 27.6. The van der Waals surface area contributed by atoms with Gasteiger partial charge in [0.15, 0.2) is 0 Å². The summed E-state index contributed by atoms with van der Waals surface area (Å²) in [5.41, 5.74) is -0.409. The fourth-order valence-electron chi connectivity index (χ4n) is 2.29. The number of aliphatic hydroxyl groups is 1. The normalized spacial score (nSPS) is 13.2. The van der Waals surface area contributed by atoms with Crippen LogP contribution >= 0.6 is 0 Å². The van der Waals surface area contributed by atoms with Crippen LogP contribution in [0.15, 0.2) is 59.3 Å². The van der Waals surface area contributed by atoms with Crippen LogP contribution in [0.1, 0.15) is 12.7 Å². The highest BCUT2D eigenvalue weighted by molar-refractivity contribution is 6.39. The van der Waals surface area contributed by atoms with E-state index in [-0.39, 0.29) is 6.54 Å². The molecule has 0 aliphatic heterocycles. The molecule has 7 nitrogen and oxygen atoms in total. The van der Waals surface area contributed by atoms with Gasteiger partial charge in [-0.3, -0.25) is 14.6 Å². The summed E-state index contributed by atoms with van der Waals surface area (Å²) < 4.78 is 5.61. The first-order valence-electron chi connectivity index (χ1n) is 7.66. The average molecular weight is 339 g/mol. The minimum Gasteiger partial charge on any atom is -0.458 e. The van der Waals surface area contributed by atoms with Crippen molar-refractivity contribution < 1.29 is 19.1 Å². The van der Waals surface area contributed by atoms with Crippen molar-refractivity contribution in [3.63, 3.8) is 0 Å². The van der Waals surface area contributed by atoms with Gasteiger partial charge in [-0.2, -0.15) is 0 Å². The van der Waals surface area contributed by atoms with Crippen LogP contribution in [0.4, 0.5) is 5.69 Å². The van der Waals surface area contributed by atoms with E-state index in [1.807, 2.05) is 18.2 Å². The number of anilines is 1. The molecule has 0 saturated heterocycles. The molecule has 1 atom stereocenters. The van der Waals surface area contributed by atoms with Gasteiger partial charge < -0.3 is 20.2 Å². The Morgan fingerprint density at radius 3 is 2.72 bits per heavy atom. The molecule has 0 spiro atoms. The largest absolute Gasteiger partial charge is 0.458 e. The van der Waals surface area contributed by atoms with Crippen LogP contribution in [0, 0.1) is 0 Å². The highest BCUT2D eigenvalue weighted by Crippen LogP contribution is 2.27.